The van der Waals surface area contributed by atoms with Crippen LogP contribution in [0.25, 0.3) is 0 Å². The fourth-order valence-corrected chi connectivity index (χ4v) is 3.15. The fraction of sp³-hybridized carbons (Fsp3) is 0.286. The van der Waals surface area contributed by atoms with E-state index < -0.39 is 17.8 Å². The standard InChI is InChI=1S/C21H22N2O4/c1-15(16-8-4-2-5-9-16)23-13-17(12-20(23)25)21(26)27-14-19(24)22-18-10-6-3-7-11-18/h2-11,15,17H,12-14H2,1H3,(H,22,24)/t15-,17-/m0/s1. The third-order valence-electron chi connectivity index (χ3n) is 4.64. The van der Waals surface area contributed by atoms with Crippen molar-refractivity contribution in [3.8, 4) is 0 Å². The van der Waals surface area contributed by atoms with Gasteiger partial charge in [-0.2, -0.15) is 0 Å². The van der Waals surface area contributed by atoms with Gasteiger partial charge in [-0.15, -0.1) is 0 Å². The zero-order chi connectivity index (χ0) is 19.2. The van der Waals surface area contributed by atoms with Gasteiger partial charge in [0.2, 0.25) is 5.91 Å². The second-order valence-electron chi connectivity index (χ2n) is 6.56. The maximum Gasteiger partial charge on any atom is 0.311 e. The van der Waals surface area contributed by atoms with Gasteiger partial charge in [-0.3, -0.25) is 14.4 Å². The molecule has 0 saturated carbocycles. The average molecular weight is 366 g/mol. The Morgan fingerprint density at radius 2 is 1.74 bits per heavy atom. The summed E-state index contributed by atoms with van der Waals surface area (Å²) >= 11 is 0. The maximum absolute atomic E-state index is 12.3. The van der Waals surface area contributed by atoms with Crippen LogP contribution in [-0.2, 0) is 19.1 Å². The molecule has 27 heavy (non-hydrogen) atoms. The molecule has 1 aliphatic heterocycles. The zero-order valence-electron chi connectivity index (χ0n) is 15.1. The summed E-state index contributed by atoms with van der Waals surface area (Å²) in [5.41, 5.74) is 1.65. The molecule has 1 aliphatic rings. The predicted octanol–water partition coefficient (Wildman–Crippen LogP) is 2.78. The van der Waals surface area contributed by atoms with Crippen LogP contribution in [0.4, 0.5) is 5.69 Å². The number of benzene rings is 2. The van der Waals surface area contributed by atoms with Crippen LogP contribution in [0.5, 0.6) is 0 Å². The first kappa shape index (κ1) is 18.6. The Balaban J connectivity index is 1.51. The van der Waals surface area contributed by atoms with Crippen molar-refractivity contribution in [3.05, 3.63) is 66.2 Å². The van der Waals surface area contributed by atoms with E-state index >= 15 is 0 Å². The average Bonchev–Trinajstić information content (AvgIpc) is 3.09. The van der Waals surface area contributed by atoms with Crippen LogP contribution in [0, 0.1) is 5.92 Å². The summed E-state index contributed by atoms with van der Waals surface area (Å²) in [7, 11) is 0. The van der Waals surface area contributed by atoms with Crippen molar-refractivity contribution in [1.29, 1.82) is 0 Å². The molecule has 6 nitrogen and oxygen atoms in total. The molecule has 2 atom stereocenters. The van der Waals surface area contributed by atoms with E-state index in [9.17, 15) is 14.4 Å². The molecule has 0 aliphatic carbocycles. The molecule has 2 amide bonds. The molecule has 0 radical (unpaired) electrons. The van der Waals surface area contributed by atoms with Gasteiger partial charge in [0.1, 0.15) is 0 Å². The Kier molecular flexibility index (Phi) is 5.86. The summed E-state index contributed by atoms with van der Waals surface area (Å²) in [6, 6.07) is 18.5. The lowest BCUT2D eigenvalue weighted by molar-refractivity contribution is -0.151. The number of likely N-dealkylation sites (tertiary alicyclic amines) is 1. The molecular weight excluding hydrogens is 344 g/mol. The minimum Gasteiger partial charge on any atom is -0.455 e. The highest BCUT2D eigenvalue weighted by molar-refractivity contribution is 5.93. The van der Waals surface area contributed by atoms with Gasteiger partial charge in [-0.05, 0) is 24.6 Å². The summed E-state index contributed by atoms with van der Waals surface area (Å²) in [6.07, 6.45) is 0.107. The second kappa shape index (κ2) is 8.49. The number of anilines is 1. The van der Waals surface area contributed by atoms with Crippen molar-refractivity contribution >= 4 is 23.5 Å². The minimum atomic E-state index is -0.548. The third kappa shape index (κ3) is 4.73. The van der Waals surface area contributed by atoms with Gasteiger partial charge < -0.3 is 15.0 Å². The highest BCUT2D eigenvalue weighted by Gasteiger charge is 2.38. The van der Waals surface area contributed by atoms with Crippen molar-refractivity contribution in [2.45, 2.75) is 19.4 Å². The first-order valence-corrected chi connectivity index (χ1v) is 8.90. The van der Waals surface area contributed by atoms with Crippen LogP contribution in [-0.4, -0.2) is 35.8 Å². The first-order chi connectivity index (χ1) is 13.0. The van der Waals surface area contributed by atoms with Crippen LogP contribution >= 0.6 is 0 Å². The van der Waals surface area contributed by atoms with E-state index in [4.69, 9.17) is 4.74 Å². The fourth-order valence-electron chi connectivity index (χ4n) is 3.15. The Labute approximate surface area is 158 Å². The summed E-state index contributed by atoms with van der Waals surface area (Å²) in [6.45, 7) is 1.87. The SMILES string of the molecule is C[C@@H](c1ccccc1)N1C[C@@H](C(=O)OCC(=O)Nc2ccccc2)CC1=O. The summed E-state index contributed by atoms with van der Waals surface area (Å²) in [4.78, 5) is 38.2. The van der Waals surface area contributed by atoms with Gasteiger partial charge in [0.15, 0.2) is 6.61 Å². The highest BCUT2D eigenvalue weighted by Crippen LogP contribution is 2.28. The maximum atomic E-state index is 12.3. The minimum absolute atomic E-state index is 0.0814. The van der Waals surface area contributed by atoms with E-state index in [0.29, 0.717) is 12.2 Å². The molecule has 2 aromatic rings. The Morgan fingerprint density at radius 1 is 1.11 bits per heavy atom. The molecule has 140 valence electrons. The van der Waals surface area contributed by atoms with E-state index in [1.54, 1.807) is 29.2 Å². The van der Waals surface area contributed by atoms with Crippen LogP contribution < -0.4 is 5.32 Å². The third-order valence-corrected chi connectivity index (χ3v) is 4.64. The van der Waals surface area contributed by atoms with Gasteiger partial charge in [-0.25, -0.2) is 0 Å². The Hall–Kier alpha value is -3.15. The smallest absolute Gasteiger partial charge is 0.311 e. The van der Waals surface area contributed by atoms with E-state index in [1.165, 1.54) is 0 Å². The number of rotatable bonds is 6. The van der Waals surface area contributed by atoms with Crippen molar-refractivity contribution in [2.24, 2.45) is 5.92 Å². The van der Waals surface area contributed by atoms with Crippen molar-refractivity contribution in [2.75, 3.05) is 18.5 Å². The van der Waals surface area contributed by atoms with Crippen LogP contribution in [0.2, 0.25) is 0 Å². The number of ether oxygens (including phenoxy) is 1. The number of hydrogen-bond acceptors (Lipinski definition) is 4. The van der Waals surface area contributed by atoms with E-state index in [2.05, 4.69) is 5.32 Å². The molecular formula is C21H22N2O4. The quantitative estimate of drug-likeness (QED) is 0.798. The molecule has 0 bridgehead atoms. The summed E-state index contributed by atoms with van der Waals surface area (Å²) < 4.78 is 5.11. The number of esters is 1. The van der Waals surface area contributed by atoms with Crippen LogP contribution in [0.1, 0.15) is 24.9 Å². The number of carbonyl (C=O) groups excluding carboxylic acids is 3. The van der Waals surface area contributed by atoms with Crippen molar-refractivity contribution < 1.29 is 19.1 Å². The lowest BCUT2D eigenvalue weighted by Crippen LogP contribution is -2.30. The largest absolute Gasteiger partial charge is 0.455 e. The molecule has 0 unspecified atom stereocenters. The molecule has 0 aromatic heterocycles. The number of nitrogens with zero attached hydrogens (tertiary/aromatic N) is 1. The summed E-state index contributed by atoms with van der Waals surface area (Å²) in [5, 5.41) is 2.65. The molecule has 0 spiro atoms. The normalized spacial score (nSPS) is 17.4. The highest BCUT2D eigenvalue weighted by atomic mass is 16.5. The topological polar surface area (TPSA) is 75.7 Å². The summed E-state index contributed by atoms with van der Waals surface area (Å²) in [5.74, 6) is -1.56. The predicted molar refractivity (Wildman–Crippen MR) is 101 cm³/mol. The van der Waals surface area contributed by atoms with Gasteiger partial charge in [0, 0.05) is 18.7 Å². The first-order valence-electron chi connectivity index (χ1n) is 8.90. The lowest BCUT2D eigenvalue weighted by atomic mass is 10.1. The van der Waals surface area contributed by atoms with Gasteiger partial charge in [0.05, 0.1) is 12.0 Å². The van der Waals surface area contributed by atoms with Crippen LogP contribution in [0.15, 0.2) is 60.7 Å². The van der Waals surface area contributed by atoms with Gasteiger partial charge in [-0.1, -0.05) is 48.5 Å². The molecule has 3 rings (SSSR count). The van der Waals surface area contributed by atoms with E-state index in [0.717, 1.165) is 5.56 Å². The van der Waals surface area contributed by atoms with Gasteiger partial charge >= 0.3 is 5.97 Å². The molecule has 1 fully saturated rings. The molecule has 1 saturated heterocycles. The molecule has 6 heteroatoms. The molecule has 1 heterocycles. The molecule has 1 N–H and O–H groups in total. The Morgan fingerprint density at radius 3 is 2.41 bits per heavy atom. The van der Waals surface area contributed by atoms with Gasteiger partial charge in [0.25, 0.3) is 5.91 Å². The Bertz CT molecular complexity index is 807. The zero-order valence-corrected chi connectivity index (χ0v) is 15.1. The van der Waals surface area contributed by atoms with E-state index in [-0.39, 0.29) is 25.0 Å². The van der Waals surface area contributed by atoms with Crippen molar-refractivity contribution in [1.82, 2.24) is 4.90 Å². The number of nitrogens with one attached hydrogen (secondary N) is 1. The number of para-hydroxylation sites is 1. The van der Waals surface area contributed by atoms with E-state index in [1.807, 2.05) is 43.3 Å². The lowest BCUT2D eigenvalue weighted by Gasteiger charge is -2.25. The monoisotopic (exact) mass is 366 g/mol. The second-order valence-corrected chi connectivity index (χ2v) is 6.56. The number of amides is 2. The molecule has 2 aromatic carbocycles. The van der Waals surface area contributed by atoms with Crippen molar-refractivity contribution in [3.63, 3.8) is 0 Å². The number of hydrogen-bond donors (Lipinski definition) is 1. The number of carbonyl (C=O) groups is 3. The van der Waals surface area contributed by atoms with Crippen LogP contribution in [0.3, 0.4) is 0 Å².